The van der Waals surface area contributed by atoms with Gasteiger partial charge in [-0.1, -0.05) is 13.0 Å². The van der Waals surface area contributed by atoms with Gasteiger partial charge >= 0.3 is 0 Å². The minimum Gasteiger partial charge on any atom is -0.491 e. The first-order chi connectivity index (χ1) is 10.0. The number of nitrogens with one attached hydrogen (secondary N) is 1. The summed E-state index contributed by atoms with van der Waals surface area (Å²) < 4.78 is 5.70. The fourth-order valence-corrected chi connectivity index (χ4v) is 2.69. The molecular weight excluding hydrogens is 284 g/mol. The lowest BCUT2D eigenvalue weighted by Gasteiger charge is -2.12. The largest absolute Gasteiger partial charge is 0.491 e. The van der Waals surface area contributed by atoms with E-state index in [4.69, 9.17) is 10.5 Å². The summed E-state index contributed by atoms with van der Waals surface area (Å²) in [5, 5.41) is 2.89. The van der Waals surface area contributed by atoms with Crippen LogP contribution in [0.15, 0.2) is 24.3 Å². The van der Waals surface area contributed by atoms with Crippen LogP contribution in [0, 0.1) is 13.8 Å². The van der Waals surface area contributed by atoms with E-state index in [0.29, 0.717) is 28.6 Å². The van der Waals surface area contributed by atoms with E-state index in [9.17, 15) is 4.79 Å². The van der Waals surface area contributed by atoms with Crippen LogP contribution in [0.25, 0.3) is 0 Å². The summed E-state index contributed by atoms with van der Waals surface area (Å²) in [6.07, 6.45) is 0.919. The van der Waals surface area contributed by atoms with Gasteiger partial charge < -0.3 is 15.8 Å². The number of carbonyl (C=O) groups is 1. The van der Waals surface area contributed by atoms with Gasteiger partial charge in [-0.2, -0.15) is 0 Å². The second kappa shape index (κ2) is 6.63. The molecule has 0 aliphatic heterocycles. The number of hydrogen-bond acceptors (Lipinski definition) is 4. The van der Waals surface area contributed by atoms with Crippen LogP contribution in [0.1, 0.15) is 33.5 Å². The van der Waals surface area contributed by atoms with E-state index in [1.807, 2.05) is 39.0 Å². The molecule has 0 aliphatic rings. The van der Waals surface area contributed by atoms with E-state index in [-0.39, 0.29) is 5.91 Å². The van der Waals surface area contributed by atoms with Crippen molar-refractivity contribution in [3.63, 3.8) is 0 Å². The molecule has 112 valence electrons. The molecule has 1 amide bonds. The highest BCUT2D eigenvalue weighted by molar-refractivity contribution is 7.14. The fourth-order valence-electron chi connectivity index (χ4n) is 1.86. The maximum atomic E-state index is 12.3. The van der Waals surface area contributed by atoms with Gasteiger partial charge in [-0.25, -0.2) is 0 Å². The number of anilines is 2. The third-order valence-corrected chi connectivity index (χ3v) is 4.09. The number of thiophene rings is 1. The Morgan fingerprint density at radius 3 is 2.71 bits per heavy atom. The number of benzene rings is 1. The zero-order chi connectivity index (χ0) is 15.4. The van der Waals surface area contributed by atoms with Crippen molar-refractivity contribution in [3.05, 3.63) is 39.6 Å². The molecule has 0 aliphatic carbocycles. The van der Waals surface area contributed by atoms with Crippen LogP contribution in [0.3, 0.4) is 0 Å². The lowest BCUT2D eigenvalue weighted by Crippen LogP contribution is -2.11. The van der Waals surface area contributed by atoms with E-state index in [1.165, 1.54) is 11.3 Å². The molecule has 1 heterocycles. The second-order valence-electron chi connectivity index (χ2n) is 4.92. The smallest absolute Gasteiger partial charge is 0.265 e. The van der Waals surface area contributed by atoms with Crippen LogP contribution in [0.2, 0.25) is 0 Å². The third kappa shape index (κ3) is 3.76. The Labute approximate surface area is 128 Å². The highest BCUT2D eigenvalue weighted by Crippen LogP contribution is 2.28. The first kappa shape index (κ1) is 15.4. The quantitative estimate of drug-likeness (QED) is 0.878. The lowest BCUT2D eigenvalue weighted by atomic mass is 10.2. The van der Waals surface area contributed by atoms with E-state index < -0.39 is 0 Å². The van der Waals surface area contributed by atoms with Crippen molar-refractivity contribution in [3.8, 4) is 5.75 Å². The van der Waals surface area contributed by atoms with E-state index in [1.54, 1.807) is 6.07 Å². The Balaban J connectivity index is 2.20. The zero-order valence-corrected chi connectivity index (χ0v) is 13.3. The number of carbonyl (C=O) groups excluding carboxylic acids is 1. The number of nitrogens with two attached hydrogens (primary N) is 1. The summed E-state index contributed by atoms with van der Waals surface area (Å²) in [4.78, 5) is 13.8. The normalized spacial score (nSPS) is 10.4. The van der Waals surface area contributed by atoms with Gasteiger partial charge in [-0.05, 0) is 44.0 Å². The maximum Gasteiger partial charge on any atom is 0.265 e. The van der Waals surface area contributed by atoms with Crippen LogP contribution >= 0.6 is 11.3 Å². The number of amides is 1. The molecule has 0 unspecified atom stereocenters. The molecular formula is C16H20N2O2S. The third-order valence-electron chi connectivity index (χ3n) is 3.03. The van der Waals surface area contributed by atoms with Crippen LogP contribution < -0.4 is 15.8 Å². The van der Waals surface area contributed by atoms with Crippen LogP contribution in [-0.2, 0) is 0 Å². The minimum atomic E-state index is -0.162. The molecule has 0 atom stereocenters. The Bertz CT molecular complexity index is 630. The van der Waals surface area contributed by atoms with Crippen LogP contribution in [0.4, 0.5) is 11.4 Å². The number of ether oxygens (including phenoxy) is 1. The number of rotatable bonds is 5. The summed E-state index contributed by atoms with van der Waals surface area (Å²) in [7, 11) is 0. The summed E-state index contributed by atoms with van der Waals surface area (Å²) in [5.41, 5.74) is 8.22. The van der Waals surface area contributed by atoms with Gasteiger partial charge in [0.05, 0.1) is 17.2 Å². The predicted octanol–water partition coefficient (Wildman–Crippen LogP) is 3.99. The van der Waals surface area contributed by atoms with Crippen molar-refractivity contribution < 1.29 is 9.53 Å². The lowest BCUT2D eigenvalue weighted by molar-refractivity contribution is 0.103. The van der Waals surface area contributed by atoms with E-state index >= 15 is 0 Å². The van der Waals surface area contributed by atoms with Gasteiger partial charge in [0.25, 0.3) is 5.91 Å². The minimum absolute atomic E-state index is 0.162. The molecule has 21 heavy (non-hydrogen) atoms. The average molecular weight is 304 g/mol. The molecule has 2 aromatic rings. The Morgan fingerprint density at radius 2 is 2.10 bits per heavy atom. The predicted molar refractivity (Wildman–Crippen MR) is 88.4 cm³/mol. The van der Waals surface area contributed by atoms with Crippen molar-refractivity contribution in [1.29, 1.82) is 0 Å². The van der Waals surface area contributed by atoms with Gasteiger partial charge in [-0.15, -0.1) is 11.3 Å². The van der Waals surface area contributed by atoms with Gasteiger partial charge in [0, 0.05) is 10.6 Å². The molecule has 5 heteroatoms. The second-order valence-corrected chi connectivity index (χ2v) is 6.18. The van der Waals surface area contributed by atoms with Gasteiger partial charge in [0.1, 0.15) is 5.75 Å². The highest BCUT2D eigenvalue weighted by atomic mass is 32.1. The monoisotopic (exact) mass is 304 g/mol. The van der Waals surface area contributed by atoms with Gasteiger partial charge in [0.15, 0.2) is 0 Å². The van der Waals surface area contributed by atoms with Crippen LogP contribution in [-0.4, -0.2) is 12.5 Å². The standard InChI is InChI=1S/C16H20N2O2S/c1-4-7-20-14-8-10(2)5-6-13(14)18-16(19)15-9-12(17)11(3)21-15/h5-6,8-9H,4,7,17H2,1-3H3,(H,18,19). The molecule has 0 saturated carbocycles. The first-order valence-corrected chi connectivity index (χ1v) is 7.73. The van der Waals surface area contributed by atoms with Crippen LogP contribution in [0.5, 0.6) is 5.75 Å². The Morgan fingerprint density at radius 1 is 1.33 bits per heavy atom. The summed E-state index contributed by atoms with van der Waals surface area (Å²) in [6.45, 7) is 6.56. The molecule has 0 fully saturated rings. The maximum absolute atomic E-state index is 12.3. The molecule has 1 aromatic heterocycles. The first-order valence-electron chi connectivity index (χ1n) is 6.92. The van der Waals surface area contributed by atoms with Gasteiger partial charge in [-0.3, -0.25) is 4.79 Å². The number of hydrogen-bond donors (Lipinski definition) is 2. The van der Waals surface area contributed by atoms with Crippen molar-refractivity contribution >= 4 is 28.6 Å². The topological polar surface area (TPSA) is 64.3 Å². The highest BCUT2D eigenvalue weighted by Gasteiger charge is 2.13. The van der Waals surface area contributed by atoms with Crippen molar-refractivity contribution in [2.45, 2.75) is 27.2 Å². The molecule has 0 radical (unpaired) electrons. The van der Waals surface area contributed by atoms with E-state index in [2.05, 4.69) is 5.32 Å². The van der Waals surface area contributed by atoms with Crippen molar-refractivity contribution in [2.24, 2.45) is 0 Å². The number of nitrogen functional groups attached to an aromatic ring is 1. The average Bonchev–Trinajstić information content (AvgIpc) is 2.79. The van der Waals surface area contributed by atoms with Crippen molar-refractivity contribution in [1.82, 2.24) is 0 Å². The Kier molecular flexibility index (Phi) is 4.85. The van der Waals surface area contributed by atoms with Gasteiger partial charge in [0.2, 0.25) is 0 Å². The Hall–Kier alpha value is -2.01. The summed E-state index contributed by atoms with van der Waals surface area (Å²) in [5.74, 6) is 0.538. The summed E-state index contributed by atoms with van der Waals surface area (Å²) in [6, 6.07) is 7.44. The molecule has 1 aromatic carbocycles. The molecule has 2 rings (SSSR count). The molecule has 0 bridgehead atoms. The SMILES string of the molecule is CCCOc1cc(C)ccc1NC(=O)c1cc(N)c(C)s1. The van der Waals surface area contributed by atoms with Crippen molar-refractivity contribution in [2.75, 3.05) is 17.7 Å². The number of aryl methyl sites for hydroxylation is 2. The molecule has 0 spiro atoms. The molecule has 3 N–H and O–H groups in total. The zero-order valence-electron chi connectivity index (χ0n) is 12.5. The molecule has 0 saturated heterocycles. The summed E-state index contributed by atoms with van der Waals surface area (Å²) >= 11 is 1.39. The fraction of sp³-hybridized carbons (Fsp3) is 0.312. The van der Waals surface area contributed by atoms with E-state index in [0.717, 1.165) is 16.9 Å². The molecule has 4 nitrogen and oxygen atoms in total.